The number of rotatable bonds is 6. The summed E-state index contributed by atoms with van der Waals surface area (Å²) in [6.07, 6.45) is 4.11. The molecule has 0 aliphatic heterocycles. The van der Waals surface area contributed by atoms with Crippen LogP contribution < -0.4 is 5.32 Å². The standard InChI is InChI=1S/C14H20N2O3/c1-11-3-4-12(13(9-11)16(18)19)15-10-14(7-8-17)5-2-6-14/h3-4,9,15,17H,2,5-8,10H2,1H3. The van der Waals surface area contributed by atoms with Gasteiger partial charge >= 0.3 is 0 Å². The van der Waals surface area contributed by atoms with Gasteiger partial charge in [0.2, 0.25) is 0 Å². The third kappa shape index (κ3) is 3.04. The topological polar surface area (TPSA) is 75.4 Å². The van der Waals surface area contributed by atoms with Crippen LogP contribution in [0.3, 0.4) is 0 Å². The number of aliphatic hydroxyl groups is 1. The smallest absolute Gasteiger partial charge is 0.292 e. The molecule has 0 heterocycles. The first kappa shape index (κ1) is 13.8. The van der Waals surface area contributed by atoms with Crippen LogP contribution >= 0.6 is 0 Å². The zero-order valence-electron chi connectivity index (χ0n) is 11.2. The molecule has 0 atom stereocenters. The molecule has 5 nitrogen and oxygen atoms in total. The van der Waals surface area contributed by atoms with E-state index in [1.807, 2.05) is 13.0 Å². The fourth-order valence-electron chi connectivity index (χ4n) is 2.65. The molecule has 1 aromatic rings. The molecule has 1 aromatic carbocycles. The largest absolute Gasteiger partial charge is 0.396 e. The Morgan fingerprint density at radius 2 is 2.21 bits per heavy atom. The molecule has 0 unspecified atom stereocenters. The summed E-state index contributed by atoms with van der Waals surface area (Å²) < 4.78 is 0. The maximum Gasteiger partial charge on any atom is 0.292 e. The van der Waals surface area contributed by atoms with Crippen molar-refractivity contribution in [2.75, 3.05) is 18.5 Å². The fraction of sp³-hybridized carbons (Fsp3) is 0.571. The van der Waals surface area contributed by atoms with Gasteiger partial charge in [0.25, 0.3) is 5.69 Å². The Labute approximate surface area is 112 Å². The number of aliphatic hydroxyl groups excluding tert-OH is 1. The molecule has 0 spiro atoms. The highest BCUT2D eigenvalue weighted by Gasteiger charge is 2.36. The quantitative estimate of drug-likeness (QED) is 0.612. The van der Waals surface area contributed by atoms with Crippen molar-refractivity contribution < 1.29 is 10.0 Å². The molecule has 0 aromatic heterocycles. The first-order chi connectivity index (χ1) is 9.06. The highest BCUT2D eigenvalue weighted by molar-refractivity contribution is 5.62. The second kappa shape index (κ2) is 5.57. The number of nitro benzene ring substituents is 1. The lowest BCUT2D eigenvalue weighted by atomic mass is 9.67. The zero-order valence-corrected chi connectivity index (χ0v) is 11.2. The third-order valence-electron chi connectivity index (χ3n) is 4.06. The number of aryl methyl sites for hydroxylation is 1. The van der Waals surface area contributed by atoms with E-state index in [0.29, 0.717) is 12.2 Å². The van der Waals surface area contributed by atoms with E-state index < -0.39 is 0 Å². The minimum atomic E-state index is -0.352. The molecule has 19 heavy (non-hydrogen) atoms. The first-order valence-electron chi connectivity index (χ1n) is 6.66. The van der Waals surface area contributed by atoms with Crippen LogP contribution in [0.15, 0.2) is 18.2 Å². The van der Waals surface area contributed by atoms with Crippen LogP contribution in [-0.2, 0) is 0 Å². The van der Waals surface area contributed by atoms with Gasteiger partial charge < -0.3 is 10.4 Å². The van der Waals surface area contributed by atoms with Gasteiger partial charge in [0, 0.05) is 19.2 Å². The molecule has 0 radical (unpaired) electrons. The highest BCUT2D eigenvalue weighted by atomic mass is 16.6. The monoisotopic (exact) mass is 264 g/mol. The molecule has 1 saturated carbocycles. The van der Waals surface area contributed by atoms with E-state index in [9.17, 15) is 10.1 Å². The van der Waals surface area contributed by atoms with Crippen molar-refractivity contribution in [3.63, 3.8) is 0 Å². The van der Waals surface area contributed by atoms with Crippen LogP contribution in [0.4, 0.5) is 11.4 Å². The maximum absolute atomic E-state index is 11.0. The molecule has 1 aliphatic rings. The Kier molecular flexibility index (Phi) is 4.04. The molecule has 2 rings (SSSR count). The number of nitrogens with zero attached hydrogens (tertiary/aromatic N) is 1. The lowest BCUT2D eigenvalue weighted by Gasteiger charge is -2.42. The van der Waals surface area contributed by atoms with Gasteiger partial charge in [-0.25, -0.2) is 0 Å². The van der Waals surface area contributed by atoms with Gasteiger partial charge in [-0.05, 0) is 43.2 Å². The predicted molar refractivity (Wildman–Crippen MR) is 74.3 cm³/mol. The van der Waals surface area contributed by atoms with E-state index in [0.717, 1.165) is 24.8 Å². The Balaban J connectivity index is 2.09. The number of hydrogen-bond acceptors (Lipinski definition) is 4. The SMILES string of the molecule is Cc1ccc(NCC2(CCO)CCC2)c([N+](=O)[O-])c1. The van der Waals surface area contributed by atoms with Gasteiger partial charge in [0.1, 0.15) is 5.69 Å². The van der Waals surface area contributed by atoms with Crippen LogP contribution in [0.5, 0.6) is 0 Å². The predicted octanol–water partition coefficient (Wildman–Crippen LogP) is 2.87. The molecule has 0 amide bonds. The Hall–Kier alpha value is -1.62. The van der Waals surface area contributed by atoms with Crippen molar-refractivity contribution in [3.8, 4) is 0 Å². The molecule has 104 valence electrons. The van der Waals surface area contributed by atoms with Crippen LogP contribution in [0.1, 0.15) is 31.2 Å². The van der Waals surface area contributed by atoms with Gasteiger partial charge in [-0.3, -0.25) is 10.1 Å². The van der Waals surface area contributed by atoms with Crippen molar-refractivity contribution in [1.29, 1.82) is 0 Å². The lowest BCUT2D eigenvalue weighted by Crippen LogP contribution is -2.37. The van der Waals surface area contributed by atoms with Crippen molar-refractivity contribution >= 4 is 11.4 Å². The van der Waals surface area contributed by atoms with Crippen molar-refractivity contribution in [1.82, 2.24) is 0 Å². The molecule has 1 fully saturated rings. The summed E-state index contributed by atoms with van der Waals surface area (Å²) in [4.78, 5) is 10.7. The molecule has 5 heteroatoms. The first-order valence-corrected chi connectivity index (χ1v) is 6.66. The number of nitrogens with one attached hydrogen (secondary N) is 1. The zero-order chi connectivity index (χ0) is 13.9. The van der Waals surface area contributed by atoms with Crippen molar-refractivity contribution in [2.24, 2.45) is 5.41 Å². The summed E-state index contributed by atoms with van der Waals surface area (Å²) in [5.41, 5.74) is 1.69. The minimum absolute atomic E-state index is 0.119. The van der Waals surface area contributed by atoms with Crippen LogP contribution in [0.2, 0.25) is 0 Å². The summed E-state index contributed by atoms with van der Waals surface area (Å²) in [5.74, 6) is 0. The number of anilines is 1. The van der Waals surface area contributed by atoms with Gasteiger partial charge in [-0.2, -0.15) is 0 Å². The molecule has 0 bridgehead atoms. The van der Waals surface area contributed by atoms with Crippen LogP contribution in [0, 0.1) is 22.5 Å². The summed E-state index contributed by atoms with van der Waals surface area (Å²) >= 11 is 0. The summed E-state index contributed by atoms with van der Waals surface area (Å²) in [5, 5.41) is 23.3. The molecule has 2 N–H and O–H groups in total. The van der Waals surface area contributed by atoms with Gasteiger partial charge in [-0.15, -0.1) is 0 Å². The van der Waals surface area contributed by atoms with Crippen molar-refractivity contribution in [3.05, 3.63) is 33.9 Å². The number of hydrogen-bond donors (Lipinski definition) is 2. The van der Waals surface area contributed by atoms with Gasteiger partial charge in [-0.1, -0.05) is 12.5 Å². The summed E-state index contributed by atoms with van der Waals surface area (Å²) in [7, 11) is 0. The molecular formula is C14H20N2O3. The second-order valence-electron chi connectivity index (χ2n) is 5.46. The van der Waals surface area contributed by atoms with Gasteiger partial charge in [0.05, 0.1) is 4.92 Å². The van der Waals surface area contributed by atoms with E-state index in [1.165, 1.54) is 6.42 Å². The number of nitro groups is 1. The summed E-state index contributed by atoms with van der Waals surface area (Å²) in [6.45, 7) is 2.71. The van der Waals surface area contributed by atoms with Crippen LogP contribution in [-0.4, -0.2) is 23.2 Å². The average Bonchev–Trinajstić information content (AvgIpc) is 2.33. The number of benzene rings is 1. The average molecular weight is 264 g/mol. The van der Waals surface area contributed by atoms with Crippen LogP contribution in [0.25, 0.3) is 0 Å². The second-order valence-corrected chi connectivity index (χ2v) is 5.46. The van der Waals surface area contributed by atoms with E-state index >= 15 is 0 Å². The molecule has 1 aliphatic carbocycles. The molecular weight excluding hydrogens is 244 g/mol. The van der Waals surface area contributed by atoms with E-state index in [4.69, 9.17) is 5.11 Å². The lowest BCUT2D eigenvalue weighted by molar-refractivity contribution is -0.384. The fourth-order valence-corrected chi connectivity index (χ4v) is 2.65. The van der Waals surface area contributed by atoms with Gasteiger partial charge in [0.15, 0.2) is 0 Å². The third-order valence-corrected chi connectivity index (χ3v) is 4.06. The Morgan fingerprint density at radius 3 is 2.74 bits per heavy atom. The van der Waals surface area contributed by atoms with Crippen molar-refractivity contribution in [2.45, 2.75) is 32.6 Å². The van der Waals surface area contributed by atoms with E-state index in [2.05, 4.69) is 5.32 Å². The minimum Gasteiger partial charge on any atom is -0.396 e. The Bertz CT molecular complexity index is 470. The molecule has 0 saturated heterocycles. The van der Waals surface area contributed by atoms with E-state index in [1.54, 1.807) is 12.1 Å². The highest BCUT2D eigenvalue weighted by Crippen LogP contribution is 2.44. The van der Waals surface area contributed by atoms with E-state index in [-0.39, 0.29) is 22.6 Å². The summed E-state index contributed by atoms with van der Waals surface area (Å²) in [6, 6.07) is 5.22. The normalized spacial score (nSPS) is 16.7. The Morgan fingerprint density at radius 1 is 1.47 bits per heavy atom. The maximum atomic E-state index is 11.0.